The summed E-state index contributed by atoms with van der Waals surface area (Å²) in [7, 11) is 0. The van der Waals surface area contributed by atoms with Crippen LogP contribution in [0.25, 0.3) is 38.3 Å². The summed E-state index contributed by atoms with van der Waals surface area (Å²) in [6.45, 7) is 0. The predicted molar refractivity (Wildman–Crippen MR) is 238 cm³/mol. The number of aliphatic imine (C=N–C) groups is 1. The van der Waals surface area contributed by atoms with Crippen LogP contribution < -0.4 is 4.90 Å². The normalized spacial score (nSPS) is 13.2. The quantitative estimate of drug-likeness (QED) is 0.160. The van der Waals surface area contributed by atoms with Gasteiger partial charge in [-0.1, -0.05) is 164 Å². The highest BCUT2D eigenvalue weighted by Gasteiger charge is 2.48. The fraction of sp³-hybridized carbons (Fsp3) is 0.0185. The minimum absolute atomic E-state index is 0.609. The number of fused-ring (bicyclic) bond motifs is 6. The van der Waals surface area contributed by atoms with Gasteiger partial charge in [0.25, 0.3) is 0 Å². The second kappa shape index (κ2) is 13.4. The summed E-state index contributed by atoms with van der Waals surface area (Å²) in [6, 6.07) is 80.8. The van der Waals surface area contributed by atoms with Crippen LogP contribution in [0.3, 0.4) is 0 Å². The van der Waals surface area contributed by atoms with Gasteiger partial charge in [-0.25, -0.2) is 0 Å². The molecule has 268 valence electrons. The molecular formula is C54H37N3. The van der Waals surface area contributed by atoms with Gasteiger partial charge in [0.2, 0.25) is 0 Å². The number of para-hydroxylation sites is 2. The largest absolute Gasteiger partial charge is 0.310 e. The van der Waals surface area contributed by atoms with E-state index in [4.69, 9.17) is 4.99 Å². The Kier molecular flexibility index (Phi) is 7.71. The molecule has 0 N–H and O–H groups in total. The van der Waals surface area contributed by atoms with Gasteiger partial charge in [0.1, 0.15) is 0 Å². The SMILES string of the molecule is c1ccc(C2=Nc3c(ccc4c3c3ccccc3n4-c3ccc(N(c4ccccc4)c4ccc5ccccc5c4)cc3)C2(c2ccccc2)c2ccccc2)cc1. The van der Waals surface area contributed by atoms with E-state index in [0.29, 0.717) is 0 Å². The van der Waals surface area contributed by atoms with E-state index in [9.17, 15) is 0 Å². The smallest absolute Gasteiger partial charge is 0.0901 e. The molecule has 0 amide bonds. The number of aromatic nitrogens is 1. The summed E-state index contributed by atoms with van der Waals surface area (Å²) in [6.07, 6.45) is 0. The molecule has 0 radical (unpaired) electrons. The van der Waals surface area contributed by atoms with Crippen LogP contribution in [0, 0.1) is 0 Å². The highest BCUT2D eigenvalue weighted by molar-refractivity contribution is 6.23. The van der Waals surface area contributed by atoms with Crippen molar-refractivity contribution in [1.82, 2.24) is 4.57 Å². The summed E-state index contributed by atoms with van der Waals surface area (Å²) >= 11 is 0. The maximum absolute atomic E-state index is 5.74. The molecule has 57 heavy (non-hydrogen) atoms. The molecule has 0 bridgehead atoms. The first kappa shape index (κ1) is 32.9. The molecule has 2 heterocycles. The molecule has 0 unspecified atom stereocenters. The van der Waals surface area contributed by atoms with Crippen LogP contribution in [0.15, 0.2) is 229 Å². The van der Waals surface area contributed by atoms with E-state index in [1.54, 1.807) is 0 Å². The van der Waals surface area contributed by atoms with Crippen molar-refractivity contribution in [3.05, 3.63) is 247 Å². The molecule has 9 aromatic carbocycles. The van der Waals surface area contributed by atoms with Gasteiger partial charge in [-0.2, -0.15) is 0 Å². The first-order valence-corrected chi connectivity index (χ1v) is 19.6. The second-order valence-electron chi connectivity index (χ2n) is 14.7. The Morgan fingerprint density at radius 1 is 0.421 bits per heavy atom. The van der Waals surface area contributed by atoms with Gasteiger partial charge in [0, 0.05) is 33.5 Å². The number of rotatable bonds is 7. The fourth-order valence-corrected chi connectivity index (χ4v) is 9.16. The van der Waals surface area contributed by atoms with Crippen LogP contribution in [-0.4, -0.2) is 10.3 Å². The zero-order valence-electron chi connectivity index (χ0n) is 31.2. The van der Waals surface area contributed by atoms with Gasteiger partial charge in [-0.05, 0) is 93.7 Å². The van der Waals surface area contributed by atoms with Crippen LogP contribution in [0.4, 0.5) is 22.7 Å². The van der Waals surface area contributed by atoms with Crippen LogP contribution >= 0.6 is 0 Å². The fourth-order valence-electron chi connectivity index (χ4n) is 9.16. The zero-order chi connectivity index (χ0) is 37.8. The van der Waals surface area contributed by atoms with E-state index in [0.717, 1.165) is 56.1 Å². The van der Waals surface area contributed by atoms with Gasteiger partial charge < -0.3 is 9.47 Å². The summed E-state index contributed by atoms with van der Waals surface area (Å²) in [5.74, 6) is 0. The van der Waals surface area contributed by atoms with E-state index in [-0.39, 0.29) is 0 Å². The number of nitrogens with zero attached hydrogens (tertiary/aromatic N) is 3. The minimum Gasteiger partial charge on any atom is -0.310 e. The summed E-state index contributed by atoms with van der Waals surface area (Å²) in [5.41, 5.74) is 12.9. The third-order valence-electron chi connectivity index (χ3n) is 11.6. The molecule has 1 aromatic heterocycles. The highest BCUT2D eigenvalue weighted by atomic mass is 15.1. The number of benzene rings is 9. The molecule has 0 fully saturated rings. The number of anilines is 3. The molecule has 0 aliphatic carbocycles. The monoisotopic (exact) mass is 727 g/mol. The second-order valence-corrected chi connectivity index (χ2v) is 14.7. The third-order valence-corrected chi connectivity index (χ3v) is 11.6. The van der Waals surface area contributed by atoms with Crippen LogP contribution in [0.1, 0.15) is 22.3 Å². The van der Waals surface area contributed by atoms with Crippen LogP contribution in [0.5, 0.6) is 0 Å². The Morgan fingerprint density at radius 2 is 0.982 bits per heavy atom. The van der Waals surface area contributed by atoms with E-state index < -0.39 is 5.41 Å². The molecule has 3 heteroatoms. The van der Waals surface area contributed by atoms with Crippen molar-refractivity contribution in [2.75, 3.05) is 4.90 Å². The molecule has 0 atom stereocenters. The molecule has 1 aliphatic rings. The van der Waals surface area contributed by atoms with Crippen molar-refractivity contribution in [3.8, 4) is 5.69 Å². The molecule has 11 rings (SSSR count). The van der Waals surface area contributed by atoms with Gasteiger partial charge in [-0.15, -0.1) is 0 Å². The van der Waals surface area contributed by atoms with Crippen molar-refractivity contribution in [2.45, 2.75) is 5.41 Å². The number of hydrogen-bond acceptors (Lipinski definition) is 2. The Bertz CT molecular complexity index is 3050. The Balaban J connectivity index is 1.12. The standard InChI is InChI=1S/C54H37N3/c1-5-18-39(19-6-1)53-54(41-21-7-2-8-22-41,42-23-9-3-10-24-42)48-35-36-50-51(52(48)55-53)47-27-15-16-28-49(47)57(50)45-33-31-44(32-34-45)56(43-25-11-4-12-26-43)46-30-29-38-17-13-14-20-40(38)37-46/h1-37H. The number of hydrogen-bond donors (Lipinski definition) is 0. The van der Waals surface area contributed by atoms with Crippen molar-refractivity contribution in [3.63, 3.8) is 0 Å². The van der Waals surface area contributed by atoms with Crippen molar-refractivity contribution >= 4 is 61.0 Å². The Hall–Kier alpha value is -7.49. The first-order chi connectivity index (χ1) is 28.3. The van der Waals surface area contributed by atoms with E-state index in [1.807, 2.05) is 0 Å². The predicted octanol–water partition coefficient (Wildman–Crippen LogP) is 13.9. The van der Waals surface area contributed by atoms with Gasteiger partial charge >= 0.3 is 0 Å². The lowest BCUT2D eigenvalue weighted by atomic mass is 9.65. The van der Waals surface area contributed by atoms with Gasteiger partial charge in [-0.3, -0.25) is 4.99 Å². The summed E-state index contributed by atoms with van der Waals surface area (Å²) in [4.78, 5) is 8.07. The van der Waals surface area contributed by atoms with Crippen LogP contribution in [-0.2, 0) is 5.41 Å². The van der Waals surface area contributed by atoms with Crippen molar-refractivity contribution in [1.29, 1.82) is 0 Å². The minimum atomic E-state index is -0.609. The maximum atomic E-state index is 5.74. The molecule has 3 nitrogen and oxygen atoms in total. The summed E-state index contributed by atoms with van der Waals surface area (Å²) < 4.78 is 2.40. The third kappa shape index (κ3) is 5.17. The average Bonchev–Trinajstić information content (AvgIpc) is 3.82. The maximum Gasteiger partial charge on any atom is 0.0901 e. The van der Waals surface area contributed by atoms with E-state index in [2.05, 4.69) is 234 Å². The van der Waals surface area contributed by atoms with Crippen molar-refractivity contribution < 1.29 is 0 Å². The lowest BCUT2D eigenvalue weighted by molar-refractivity contribution is 0.852. The molecule has 10 aromatic rings. The highest BCUT2D eigenvalue weighted by Crippen LogP contribution is 2.54. The average molecular weight is 728 g/mol. The van der Waals surface area contributed by atoms with Crippen LogP contribution in [0.2, 0.25) is 0 Å². The molecule has 0 saturated heterocycles. The van der Waals surface area contributed by atoms with E-state index in [1.165, 1.54) is 32.8 Å². The molecular weight excluding hydrogens is 691 g/mol. The van der Waals surface area contributed by atoms with E-state index >= 15 is 0 Å². The molecule has 1 aliphatic heterocycles. The lowest BCUT2D eigenvalue weighted by Crippen LogP contribution is -2.36. The molecule has 0 saturated carbocycles. The summed E-state index contributed by atoms with van der Waals surface area (Å²) in [5, 5.41) is 4.79. The topological polar surface area (TPSA) is 20.5 Å². The first-order valence-electron chi connectivity index (χ1n) is 19.6. The Labute approximate surface area is 332 Å². The van der Waals surface area contributed by atoms with Gasteiger partial charge in [0.05, 0.1) is 27.8 Å². The Morgan fingerprint density at radius 3 is 1.68 bits per heavy atom. The lowest BCUT2D eigenvalue weighted by Gasteiger charge is -2.34. The van der Waals surface area contributed by atoms with Gasteiger partial charge in [0.15, 0.2) is 0 Å². The zero-order valence-corrected chi connectivity index (χ0v) is 31.2. The molecule has 0 spiro atoms. The van der Waals surface area contributed by atoms with Crippen molar-refractivity contribution in [2.24, 2.45) is 4.99 Å².